The Kier molecular flexibility index (Phi) is 8.42. The number of aliphatic hydroxyl groups excluding tert-OH is 1. The SMILES string of the molecule is C=CCOOC(=O)C(C)C1C(=O)N2C(C(=O)OCC=C)=C(COc3cccc4c3-c3ccccc3/C4=C\CO)C(C)C12. The number of hydrogen-bond acceptors (Lipinski definition) is 8. The maximum atomic E-state index is 13.4. The summed E-state index contributed by atoms with van der Waals surface area (Å²) in [5.41, 5.74) is 5.46. The Morgan fingerprint density at radius 2 is 1.76 bits per heavy atom. The Labute approximate surface area is 244 Å². The average molecular weight is 572 g/mol. The lowest BCUT2D eigenvalue weighted by Crippen LogP contribution is -2.63. The Hall–Kier alpha value is -4.47. The molecule has 0 saturated carbocycles. The van der Waals surface area contributed by atoms with Gasteiger partial charge >= 0.3 is 11.9 Å². The van der Waals surface area contributed by atoms with Crippen LogP contribution in [0.2, 0.25) is 0 Å². The summed E-state index contributed by atoms with van der Waals surface area (Å²) in [7, 11) is 0. The molecule has 1 amide bonds. The number of amides is 1. The summed E-state index contributed by atoms with van der Waals surface area (Å²) in [6, 6.07) is 13.2. The van der Waals surface area contributed by atoms with Gasteiger partial charge in [-0.2, -0.15) is 4.89 Å². The topological polar surface area (TPSA) is 112 Å². The first kappa shape index (κ1) is 29.0. The van der Waals surface area contributed by atoms with Crippen LogP contribution in [0, 0.1) is 17.8 Å². The van der Waals surface area contributed by atoms with Crippen LogP contribution < -0.4 is 4.74 Å². The maximum Gasteiger partial charge on any atom is 0.355 e. The van der Waals surface area contributed by atoms with Gasteiger partial charge in [0.05, 0.1) is 24.5 Å². The fraction of sp³-hybridized carbons (Fsp3) is 0.303. The van der Waals surface area contributed by atoms with E-state index in [1.165, 1.54) is 17.1 Å². The molecule has 1 fully saturated rings. The second-order valence-corrected chi connectivity index (χ2v) is 10.4. The summed E-state index contributed by atoms with van der Waals surface area (Å²) in [4.78, 5) is 50.3. The third-order valence-electron chi connectivity index (χ3n) is 8.04. The molecule has 0 radical (unpaired) electrons. The first-order chi connectivity index (χ1) is 20.3. The Bertz CT molecular complexity index is 1510. The van der Waals surface area contributed by atoms with Crippen molar-refractivity contribution in [1.82, 2.24) is 4.90 Å². The summed E-state index contributed by atoms with van der Waals surface area (Å²) in [5.74, 6) is -2.91. The van der Waals surface area contributed by atoms with Crippen LogP contribution in [0.5, 0.6) is 5.75 Å². The van der Waals surface area contributed by atoms with Crippen molar-refractivity contribution >= 4 is 23.4 Å². The number of esters is 1. The average Bonchev–Trinajstić information content (AvgIpc) is 3.44. The highest BCUT2D eigenvalue weighted by Gasteiger charge is 2.61. The van der Waals surface area contributed by atoms with E-state index in [2.05, 4.69) is 13.2 Å². The van der Waals surface area contributed by atoms with Crippen molar-refractivity contribution in [2.24, 2.45) is 17.8 Å². The van der Waals surface area contributed by atoms with Gasteiger partial charge in [0.1, 0.15) is 31.3 Å². The zero-order chi connectivity index (χ0) is 30.0. The third-order valence-corrected chi connectivity index (χ3v) is 8.04. The highest BCUT2D eigenvalue weighted by Crippen LogP contribution is 2.51. The molecule has 9 nitrogen and oxygen atoms in total. The van der Waals surface area contributed by atoms with Gasteiger partial charge in [0, 0.05) is 17.1 Å². The zero-order valence-corrected chi connectivity index (χ0v) is 23.6. The second kappa shape index (κ2) is 12.2. The molecule has 0 spiro atoms. The molecule has 4 atom stereocenters. The minimum atomic E-state index is -0.803. The van der Waals surface area contributed by atoms with E-state index in [1.807, 2.05) is 49.4 Å². The van der Waals surface area contributed by atoms with E-state index in [9.17, 15) is 19.5 Å². The summed E-state index contributed by atoms with van der Waals surface area (Å²) in [6.45, 7) is 10.5. The largest absolute Gasteiger partial charge is 0.488 e. The smallest absolute Gasteiger partial charge is 0.355 e. The number of nitrogens with zero attached hydrogens (tertiary/aromatic N) is 1. The van der Waals surface area contributed by atoms with Crippen LogP contribution in [0.4, 0.5) is 0 Å². The van der Waals surface area contributed by atoms with E-state index in [4.69, 9.17) is 19.2 Å². The lowest BCUT2D eigenvalue weighted by Gasteiger charge is -2.47. The number of benzene rings is 2. The molecule has 2 aromatic carbocycles. The van der Waals surface area contributed by atoms with E-state index in [0.29, 0.717) is 11.3 Å². The standard InChI is InChI=1S/C33H33NO8/c1-5-16-39-33(38)30-25(19(3)29-27(31(36)34(29)30)20(4)32(37)42-41-17-6-2)18-40-26-13-9-12-24-22(14-15-35)21-10-7-8-11-23(21)28(24)26/h5-14,19-20,27,29,35H,1-2,15-18H2,3-4H3/b22-14+. The molecule has 0 aromatic heterocycles. The molecule has 2 aliphatic heterocycles. The Balaban J connectivity index is 1.45. The molecule has 9 heteroatoms. The normalized spacial score (nSPS) is 21.7. The molecule has 218 valence electrons. The highest BCUT2D eigenvalue weighted by atomic mass is 17.2. The molecule has 2 aromatic rings. The molecule has 4 unspecified atom stereocenters. The van der Waals surface area contributed by atoms with Gasteiger partial charge in [-0.15, -0.1) is 6.58 Å². The van der Waals surface area contributed by atoms with E-state index in [1.54, 1.807) is 13.0 Å². The predicted octanol–water partition coefficient (Wildman–Crippen LogP) is 4.23. The fourth-order valence-electron chi connectivity index (χ4n) is 6.11. The van der Waals surface area contributed by atoms with Crippen molar-refractivity contribution < 1.29 is 38.7 Å². The zero-order valence-electron chi connectivity index (χ0n) is 23.6. The molecule has 1 N–H and O–H groups in total. The summed E-state index contributed by atoms with van der Waals surface area (Å²) in [5, 5.41) is 9.66. The van der Waals surface area contributed by atoms with Crippen LogP contribution in [-0.2, 0) is 28.9 Å². The number of carbonyl (C=O) groups is 3. The van der Waals surface area contributed by atoms with E-state index >= 15 is 0 Å². The third kappa shape index (κ3) is 4.84. The summed E-state index contributed by atoms with van der Waals surface area (Å²) in [6.07, 6.45) is 4.67. The van der Waals surface area contributed by atoms with Gasteiger partial charge in [0.15, 0.2) is 0 Å². The first-order valence-corrected chi connectivity index (χ1v) is 13.8. The molecule has 0 bridgehead atoms. The number of hydrogen-bond donors (Lipinski definition) is 1. The van der Waals surface area contributed by atoms with Gasteiger partial charge in [-0.1, -0.05) is 75.1 Å². The molecule has 5 rings (SSSR count). The number of β-lactam (4-membered cyclic amide) rings is 1. The first-order valence-electron chi connectivity index (χ1n) is 13.8. The number of fused-ring (bicyclic) bond motifs is 4. The quantitative estimate of drug-likeness (QED) is 0.0859. The lowest BCUT2D eigenvalue weighted by atomic mass is 9.74. The lowest BCUT2D eigenvalue weighted by molar-refractivity contribution is -0.271. The maximum absolute atomic E-state index is 13.4. The van der Waals surface area contributed by atoms with E-state index in [0.717, 1.165) is 27.8 Å². The fourth-order valence-corrected chi connectivity index (χ4v) is 6.11. The minimum absolute atomic E-state index is 0.0195. The second-order valence-electron chi connectivity index (χ2n) is 10.4. The summed E-state index contributed by atoms with van der Waals surface area (Å²) < 4.78 is 11.8. The molecule has 2 heterocycles. The van der Waals surface area contributed by atoms with Crippen LogP contribution in [0.15, 0.2) is 85.1 Å². The van der Waals surface area contributed by atoms with E-state index < -0.39 is 29.8 Å². The predicted molar refractivity (Wildman–Crippen MR) is 154 cm³/mol. The van der Waals surface area contributed by atoms with Crippen molar-refractivity contribution in [1.29, 1.82) is 0 Å². The van der Waals surface area contributed by atoms with Gasteiger partial charge < -0.3 is 19.5 Å². The molecule has 42 heavy (non-hydrogen) atoms. The van der Waals surface area contributed by atoms with Gasteiger partial charge in [0.2, 0.25) is 5.91 Å². The van der Waals surface area contributed by atoms with Crippen LogP contribution >= 0.6 is 0 Å². The van der Waals surface area contributed by atoms with E-state index in [-0.39, 0.29) is 43.9 Å². The molecular weight excluding hydrogens is 538 g/mol. The number of carbonyl (C=O) groups excluding carboxylic acids is 3. The minimum Gasteiger partial charge on any atom is -0.488 e. The molecule has 1 saturated heterocycles. The number of rotatable bonds is 12. The molecule has 1 aliphatic carbocycles. The van der Waals surface area contributed by atoms with Gasteiger partial charge in [-0.25, -0.2) is 9.59 Å². The van der Waals surface area contributed by atoms with Crippen molar-refractivity contribution in [2.45, 2.75) is 19.9 Å². The monoisotopic (exact) mass is 571 g/mol. The molecular formula is C33H33NO8. The van der Waals surface area contributed by atoms with Crippen LogP contribution in [-0.4, -0.2) is 60.3 Å². The van der Waals surface area contributed by atoms with Crippen LogP contribution in [0.1, 0.15) is 25.0 Å². The van der Waals surface area contributed by atoms with Gasteiger partial charge in [-0.05, 0) is 28.3 Å². The van der Waals surface area contributed by atoms with Crippen LogP contribution in [0.25, 0.3) is 16.7 Å². The van der Waals surface area contributed by atoms with Crippen LogP contribution in [0.3, 0.4) is 0 Å². The Morgan fingerprint density at radius 3 is 2.48 bits per heavy atom. The van der Waals surface area contributed by atoms with Crippen molar-refractivity contribution in [3.05, 3.63) is 96.2 Å². The number of aliphatic hydroxyl groups is 1. The summed E-state index contributed by atoms with van der Waals surface area (Å²) >= 11 is 0. The van der Waals surface area contributed by atoms with Crippen molar-refractivity contribution in [2.75, 3.05) is 26.4 Å². The molecule has 3 aliphatic rings. The van der Waals surface area contributed by atoms with Crippen molar-refractivity contribution in [3.63, 3.8) is 0 Å². The Morgan fingerprint density at radius 1 is 1.05 bits per heavy atom. The van der Waals surface area contributed by atoms with Gasteiger partial charge in [-0.3, -0.25) is 9.68 Å². The van der Waals surface area contributed by atoms with Gasteiger partial charge in [0.25, 0.3) is 0 Å². The highest BCUT2D eigenvalue weighted by molar-refractivity contribution is 6.04. The number of ether oxygens (including phenoxy) is 2. The van der Waals surface area contributed by atoms with Crippen molar-refractivity contribution in [3.8, 4) is 16.9 Å².